The van der Waals surface area contributed by atoms with Gasteiger partial charge in [-0.15, -0.1) is 11.8 Å². The SMILES string of the molecule is BC1(B)CCCC(NC)(c2ccccc2Cl)S1. The molecule has 0 saturated carbocycles. The van der Waals surface area contributed by atoms with Crippen molar-refractivity contribution in [2.24, 2.45) is 0 Å². The van der Waals surface area contributed by atoms with Crippen molar-refractivity contribution < 1.29 is 0 Å². The molecule has 1 aliphatic heterocycles. The van der Waals surface area contributed by atoms with E-state index in [0.29, 0.717) is 4.55 Å². The van der Waals surface area contributed by atoms with E-state index >= 15 is 0 Å². The summed E-state index contributed by atoms with van der Waals surface area (Å²) in [5, 5.41) is 4.38. The quantitative estimate of drug-likeness (QED) is 0.814. The smallest absolute Gasteiger partial charge is 0.112 e. The molecule has 90 valence electrons. The molecule has 0 bridgehead atoms. The van der Waals surface area contributed by atoms with Gasteiger partial charge in [0.05, 0.1) is 4.87 Å². The van der Waals surface area contributed by atoms with Crippen molar-refractivity contribution in [2.75, 3.05) is 7.05 Å². The van der Waals surface area contributed by atoms with Gasteiger partial charge in [0.25, 0.3) is 0 Å². The minimum Gasteiger partial charge on any atom is -0.302 e. The van der Waals surface area contributed by atoms with Gasteiger partial charge in [-0.25, -0.2) is 0 Å². The summed E-state index contributed by atoms with van der Waals surface area (Å²) in [6.45, 7) is 0. The molecule has 2 rings (SSSR count). The molecular weight excluding hydrogens is 247 g/mol. The summed E-state index contributed by atoms with van der Waals surface area (Å²) in [6.07, 6.45) is 3.65. The lowest BCUT2D eigenvalue weighted by Gasteiger charge is -2.45. The molecule has 0 aromatic heterocycles. The van der Waals surface area contributed by atoms with Crippen molar-refractivity contribution in [1.82, 2.24) is 5.32 Å². The highest BCUT2D eigenvalue weighted by Gasteiger charge is 2.41. The van der Waals surface area contributed by atoms with Crippen molar-refractivity contribution in [3.63, 3.8) is 0 Å². The monoisotopic (exact) mass is 265 g/mol. The second-order valence-corrected chi connectivity index (χ2v) is 7.69. The lowest BCUT2D eigenvalue weighted by atomic mass is 9.66. The number of rotatable bonds is 2. The number of hydrogen-bond donors (Lipinski definition) is 1. The Morgan fingerprint density at radius 2 is 2.00 bits per heavy atom. The minimum atomic E-state index is -0.0277. The van der Waals surface area contributed by atoms with E-state index in [-0.39, 0.29) is 4.87 Å². The summed E-state index contributed by atoms with van der Waals surface area (Å²) in [5.74, 6) is 0. The van der Waals surface area contributed by atoms with Crippen LogP contribution in [0.5, 0.6) is 0 Å². The lowest BCUT2D eigenvalue weighted by molar-refractivity contribution is 0.448. The summed E-state index contributed by atoms with van der Waals surface area (Å²) in [4.78, 5) is -0.0277. The normalized spacial score (nSPS) is 27.9. The Bertz CT molecular complexity index is 413. The molecule has 0 radical (unpaired) electrons. The Labute approximate surface area is 115 Å². The second kappa shape index (κ2) is 4.91. The summed E-state index contributed by atoms with van der Waals surface area (Å²) >= 11 is 8.37. The summed E-state index contributed by atoms with van der Waals surface area (Å²) in [7, 11) is 6.68. The minimum absolute atomic E-state index is 0.0277. The maximum atomic E-state index is 6.37. The molecule has 1 fully saturated rings. The maximum Gasteiger partial charge on any atom is 0.112 e. The van der Waals surface area contributed by atoms with E-state index < -0.39 is 0 Å². The van der Waals surface area contributed by atoms with E-state index in [2.05, 4.69) is 33.1 Å². The van der Waals surface area contributed by atoms with Crippen LogP contribution in [0.25, 0.3) is 0 Å². The van der Waals surface area contributed by atoms with Gasteiger partial charge in [-0.2, -0.15) is 0 Å². The zero-order valence-electron chi connectivity index (χ0n) is 10.7. The number of thioether (sulfide) groups is 1. The van der Waals surface area contributed by atoms with Gasteiger partial charge in [0, 0.05) is 10.6 Å². The van der Waals surface area contributed by atoms with Gasteiger partial charge in [0.15, 0.2) is 0 Å². The first-order chi connectivity index (χ1) is 7.99. The third-order valence-corrected chi connectivity index (χ3v) is 5.53. The number of nitrogens with one attached hydrogen (secondary N) is 1. The van der Waals surface area contributed by atoms with Gasteiger partial charge >= 0.3 is 0 Å². The molecule has 1 aliphatic rings. The van der Waals surface area contributed by atoms with E-state index in [4.69, 9.17) is 11.6 Å². The first-order valence-electron chi connectivity index (χ1n) is 6.13. The summed E-state index contributed by atoms with van der Waals surface area (Å²) < 4.78 is 0.306. The third-order valence-electron chi connectivity index (χ3n) is 3.47. The number of halogens is 1. The molecule has 1 aromatic rings. The Morgan fingerprint density at radius 1 is 1.29 bits per heavy atom. The van der Waals surface area contributed by atoms with E-state index in [0.717, 1.165) is 11.4 Å². The standard InChI is InChI=1S/C12H18B2ClNS/c1-16-11(7-4-8-12(13,14)17-11)9-5-2-3-6-10(9)15/h2-3,5-6,16H,4,7-8,13-14H2,1H3. The van der Waals surface area contributed by atoms with E-state index in [9.17, 15) is 0 Å². The van der Waals surface area contributed by atoms with Crippen LogP contribution in [-0.2, 0) is 4.87 Å². The highest BCUT2D eigenvalue weighted by Crippen LogP contribution is 2.50. The summed E-state index contributed by atoms with van der Waals surface area (Å²) in [5.41, 5.74) is 1.22. The van der Waals surface area contributed by atoms with Crippen LogP contribution in [-0.4, -0.2) is 27.3 Å². The molecule has 1 nitrogen and oxygen atoms in total. The zero-order chi connectivity index (χ0) is 12.5. The van der Waals surface area contributed by atoms with Gasteiger partial charge in [0.1, 0.15) is 15.7 Å². The van der Waals surface area contributed by atoms with Crippen LogP contribution in [0.15, 0.2) is 24.3 Å². The maximum absolute atomic E-state index is 6.37. The van der Waals surface area contributed by atoms with Crippen molar-refractivity contribution in [3.8, 4) is 0 Å². The molecule has 1 unspecified atom stereocenters. The van der Waals surface area contributed by atoms with Gasteiger partial charge in [0.2, 0.25) is 0 Å². The molecule has 17 heavy (non-hydrogen) atoms. The topological polar surface area (TPSA) is 12.0 Å². The lowest BCUT2D eigenvalue weighted by Crippen LogP contribution is -2.46. The van der Waals surface area contributed by atoms with Gasteiger partial charge < -0.3 is 5.32 Å². The Morgan fingerprint density at radius 3 is 2.59 bits per heavy atom. The molecule has 0 amide bonds. The van der Waals surface area contributed by atoms with Crippen molar-refractivity contribution in [2.45, 2.75) is 28.7 Å². The second-order valence-electron chi connectivity index (χ2n) is 5.27. The molecule has 1 heterocycles. The molecule has 0 spiro atoms. The Kier molecular flexibility index (Phi) is 3.86. The molecular formula is C12H18B2ClNS. The van der Waals surface area contributed by atoms with Crippen LogP contribution in [0.2, 0.25) is 5.02 Å². The van der Waals surface area contributed by atoms with Crippen LogP contribution in [0.4, 0.5) is 0 Å². The molecule has 1 atom stereocenters. The third kappa shape index (κ3) is 2.69. The van der Waals surface area contributed by atoms with Crippen LogP contribution in [0.1, 0.15) is 24.8 Å². The molecule has 1 aromatic carbocycles. The van der Waals surface area contributed by atoms with E-state index in [1.54, 1.807) is 0 Å². The van der Waals surface area contributed by atoms with Gasteiger partial charge in [-0.1, -0.05) is 42.6 Å². The first kappa shape index (κ1) is 13.4. The summed E-state index contributed by atoms with van der Waals surface area (Å²) in [6, 6.07) is 8.20. The Hall–Kier alpha value is -0.0501. The van der Waals surface area contributed by atoms with Crippen LogP contribution in [0, 0.1) is 0 Å². The fraction of sp³-hybridized carbons (Fsp3) is 0.500. The van der Waals surface area contributed by atoms with Crippen LogP contribution < -0.4 is 5.32 Å². The predicted molar refractivity (Wildman–Crippen MR) is 83.5 cm³/mol. The average molecular weight is 265 g/mol. The molecule has 0 aliphatic carbocycles. The zero-order valence-corrected chi connectivity index (χ0v) is 12.3. The van der Waals surface area contributed by atoms with Crippen LogP contribution >= 0.6 is 23.4 Å². The largest absolute Gasteiger partial charge is 0.302 e. The van der Waals surface area contributed by atoms with E-state index in [1.807, 2.05) is 30.9 Å². The molecule has 5 heteroatoms. The molecule has 1 saturated heterocycles. The fourth-order valence-electron chi connectivity index (χ4n) is 2.63. The number of hydrogen-bond acceptors (Lipinski definition) is 2. The Balaban J connectivity index is 2.41. The highest BCUT2D eigenvalue weighted by molar-refractivity contribution is 8.03. The fourth-order valence-corrected chi connectivity index (χ4v) is 4.81. The van der Waals surface area contributed by atoms with Crippen LogP contribution in [0.3, 0.4) is 0 Å². The van der Waals surface area contributed by atoms with Crippen molar-refractivity contribution in [3.05, 3.63) is 34.9 Å². The number of benzene rings is 1. The van der Waals surface area contributed by atoms with Gasteiger partial charge in [-0.05, 0) is 24.1 Å². The van der Waals surface area contributed by atoms with E-state index in [1.165, 1.54) is 18.4 Å². The van der Waals surface area contributed by atoms with Gasteiger partial charge in [-0.3, -0.25) is 0 Å². The molecule has 1 N–H and O–H groups in total. The first-order valence-corrected chi connectivity index (χ1v) is 7.33. The van der Waals surface area contributed by atoms with Crippen molar-refractivity contribution >= 4 is 39.1 Å². The predicted octanol–water partition coefficient (Wildman–Crippen LogP) is 1.55. The highest BCUT2D eigenvalue weighted by atomic mass is 35.5. The van der Waals surface area contributed by atoms with Crippen molar-refractivity contribution in [1.29, 1.82) is 0 Å². The average Bonchev–Trinajstić information content (AvgIpc) is 2.28.